The zero-order valence-corrected chi connectivity index (χ0v) is 12.4. The maximum atomic E-state index is 11.7. The van der Waals surface area contributed by atoms with E-state index in [1.165, 1.54) is 0 Å². The van der Waals surface area contributed by atoms with Crippen LogP contribution in [0.3, 0.4) is 0 Å². The SMILES string of the molecule is CCn1nc(CC(CC)(CC)C(=O)O)c2ccccc21. The van der Waals surface area contributed by atoms with Crippen LogP contribution in [0, 0.1) is 5.41 Å². The van der Waals surface area contributed by atoms with Crippen LogP contribution in [-0.2, 0) is 17.8 Å². The zero-order valence-electron chi connectivity index (χ0n) is 12.4. The first-order valence-corrected chi connectivity index (χ1v) is 7.25. The first kappa shape index (κ1) is 14.6. The highest BCUT2D eigenvalue weighted by atomic mass is 16.4. The molecule has 2 rings (SSSR count). The summed E-state index contributed by atoms with van der Waals surface area (Å²) in [6.45, 7) is 6.72. The second-order valence-corrected chi connectivity index (χ2v) is 5.25. The van der Waals surface area contributed by atoms with Gasteiger partial charge in [0.05, 0.1) is 16.6 Å². The zero-order chi connectivity index (χ0) is 14.8. The van der Waals surface area contributed by atoms with Gasteiger partial charge < -0.3 is 5.11 Å². The number of rotatable bonds is 6. The van der Waals surface area contributed by atoms with Crippen LogP contribution in [0.1, 0.15) is 39.3 Å². The van der Waals surface area contributed by atoms with E-state index < -0.39 is 11.4 Å². The highest BCUT2D eigenvalue weighted by Gasteiger charge is 2.36. The van der Waals surface area contributed by atoms with Crippen molar-refractivity contribution in [2.75, 3.05) is 0 Å². The van der Waals surface area contributed by atoms with Crippen LogP contribution in [0.4, 0.5) is 0 Å². The van der Waals surface area contributed by atoms with Gasteiger partial charge in [-0.05, 0) is 25.8 Å². The first-order valence-electron chi connectivity index (χ1n) is 7.25. The molecule has 1 aromatic heterocycles. The maximum Gasteiger partial charge on any atom is 0.310 e. The smallest absolute Gasteiger partial charge is 0.310 e. The molecule has 0 bridgehead atoms. The van der Waals surface area contributed by atoms with Crippen molar-refractivity contribution in [1.82, 2.24) is 9.78 Å². The lowest BCUT2D eigenvalue weighted by molar-refractivity contribution is -0.149. The second kappa shape index (κ2) is 5.65. The number of carboxylic acid groups (broad SMARTS) is 1. The fraction of sp³-hybridized carbons (Fsp3) is 0.500. The summed E-state index contributed by atoms with van der Waals surface area (Å²) in [6, 6.07) is 8.04. The Morgan fingerprint density at radius 1 is 1.25 bits per heavy atom. The molecule has 0 saturated heterocycles. The summed E-state index contributed by atoms with van der Waals surface area (Å²) in [4.78, 5) is 11.7. The largest absolute Gasteiger partial charge is 0.481 e. The Labute approximate surface area is 119 Å². The average molecular weight is 274 g/mol. The summed E-state index contributed by atoms with van der Waals surface area (Å²) < 4.78 is 1.95. The molecule has 2 aromatic rings. The molecule has 1 heterocycles. The summed E-state index contributed by atoms with van der Waals surface area (Å²) in [5.74, 6) is -0.724. The second-order valence-electron chi connectivity index (χ2n) is 5.25. The van der Waals surface area contributed by atoms with E-state index in [-0.39, 0.29) is 0 Å². The minimum atomic E-state index is -0.724. The Balaban J connectivity index is 2.50. The quantitative estimate of drug-likeness (QED) is 0.877. The average Bonchev–Trinajstić information content (AvgIpc) is 2.82. The molecule has 108 valence electrons. The van der Waals surface area contributed by atoms with Gasteiger partial charge in [0, 0.05) is 18.4 Å². The summed E-state index contributed by atoms with van der Waals surface area (Å²) in [5, 5.41) is 15.3. The lowest BCUT2D eigenvalue weighted by atomic mass is 9.78. The summed E-state index contributed by atoms with van der Waals surface area (Å²) in [7, 11) is 0. The monoisotopic (exact) mass is 274 g/mol. The van der Waals surface area contributed by atoms with Crippen molar-refractivity contribution in [2.24, 2.45) is 5.41 Å². The van der Waals surface area contributed by atoms with Crippen molar-refractivity contribution in [3.05, 3.63) is 30.0 Å². The van der Waals surface area contributed by atoms with Crippen LogP contribution in [-0.4, -0.2) is 20.9 Å². The Bertz CT molecular complexity index is 612. The van der Waals surface area contributed by atoms with Crippen molar-refractivity contribution in [1.29, 1.82) is 0 Å². The van der Waals surface area contributed by atoms with Gasteiger partial charge in [0.25, 0.3) is 0 Å². The van der Waals surface area contributed by atoms with E-state index in [9.17, 15) is 9.90 Å². The molecular formula is C16H22N2O2. The lowest BCUT2D eigenvalue weighted by Crippen LogP contribution is -2.32. The number of hydrogen-bond donors (Lipinski definition) is 1. The number of hydrogen-bond acceptors (Lipinski definition) is 2. The van der Waals surface area contributed by atoms with Gasteiger partial charge in [0.2, 0.25) is 0 Å². The van der Waals surface area contributed by atoms with Crippen LogP contribution in [0.25, 0.3) is 10.9 Å². The molecule has 4 nitrogen and oxygen atoms in total. The predicted octanol–water partition coefficient (Wildman–Crippen LogP) is 3.49. The molecule has 20 heavy (non-hydrogen) atoms. The number of nitrogens with zero attached hydrogens (tertiary/aromatic N) is 2. The third kappa shape index (κ3) is 2.30. The Kier molecular flexibility index (Phi) is 4.12. The molecule has 0 amide bonds. The van der Waals surface area contributed by atoms with Crippen LogP contribution in [0.15, 0.2) is 24.3 Å². The number of carbonyl (C=O) groups is 1. The third-order valence-corrected chi connectivity index (χ3v) is 4.35. The minimum absolute atomic E-state index is 0.489. The number of benzene rings is 1. The normalized spacial score (nSPS) is 11.9. The molecule has 1 aromatic carbocycles. The van der Waals surface area contributed by atoms with Gasteiger partial charge in [0.1, 0.15) is 0 Å². The molecule has 4 heteroatoms. The Morgan fingerprint density at radius 2 is 1.90 bits per heavy atom. The fourth-order valence-electron chi connectivity index (χ4n) is 2.77. The van der Waals surface area contributed by atoms with Crippen LogP contribution >= 0.6 is 0 Å². The molecule has 0 saturated carbocycles. The van der Waals surface area contributed by atoms with E-state index in [0.29, 0.717) is 19.3 Å². The molecule has 1 N–H and O–H groups in total. The summed E-state index contributed by atoms with van der Waals surface area (Å²) >= 11 is 0. The van der Waals surface area contributed by atoms with E-state index in [1.807, 2.05) is 49.7 Å². The van der Waals surface area contributed by atoms with Crippen LogP contribution in [0.2, 0.25) is 0 Å². The standard InChI is InChI=1S/C16H22N2O2/c1-4-16(5-2,15(19)20)11-13-12-9-7-8-10-14(12)18(6-3)17-13/h7-10H,4-6,11H2,1-3H3,(H,19,20). The van der Waals surface area contributed by atoms with E-state index in [1.54, 1.807) is 0 Å². The molecule has 0 aliphatic carbocycles. The van der Waals surface area contributed by atoms with Crippen molar-refractivity contribution in [2.45, 2.75) is 46.6 Å². The van der Waals surface area contributed by atoms with Crippen molar-refractivity contribution in [3.63, 3.8) is 0 Å². The van der Waals surface area contributed by atoms with Gasteiger partial charge in [-0.3, -0.25) is 9.48 Å². The fourth-order valence-corrected chi connectivity index (χ4v) is 2.77. The number of carboxylic acids is 1. The Morgan fingerprint density at radius 3 is 2.45 bits per heavy atom. The highest BCUT2D eigenvalue weighted by molar-refractivity contribution is 5.83. The number of aromatic nitrogens is 2. The predicted molar refractivity (Wildman–Crippen MR) is 79.8 cm³/mol. The van der Waals surface area contributed by atoms with Gasteiger partial charge in [-0.2, -0.15) is 5.10 Å². The lowest BCUT2D eigenvalue weighted by Gasteiger charge is -2.25. The van der Waals surface area contributed by atoms with Crippen molar-refractivity contribution in [3.8, 4) is 0 Å². The number of fused-ring (bicyclic) bond motifs is 1. The maximum absolute atomic E-state index is 11.7. The molecule has 0 spiro atoms. The molecule has 0 aliphatic heterocycles. The summed E-state index contributed by atoms with van der Waals surface area (Å²) in [5.41, 5.74) is 1.26. The van der Waals surface area contributed by atoms with Gasteiger partial charge >= 0.3 is 5.97 Å². The number of para-hydroxylation sites is 1. The van der Waals surface area contributed by atoms with Crippen molar-refractivity contribution < 1.29 is 9.90 Å². The Hall–Kier alpha value is -1.84. The molecule has 0 aliphatic rings. The number of aliphatic carboxylic acids is 1. The third-order valence-electron chi connectivity index (χ3n) is 4.35. The first-order chi connectivity index (χ1) is 9.57. The van der Waals surface area contributed by atoms with E-state index in [4.69, 9.17) is 0 Å². The van der Waals surface area contributed by atoms with Crippen LogP contribution in [0.5, 0.6) is 0 Å². The highest BCUT2D eigenvalue weighted by Crippen LogP contribution is 2.33. The molecule has 0 radical (unpaired) electrons. The van der Waals surface area contributed by atoms with E-state index >= 15 is 0 Å². The van der Waals surface area contributed by atoms with Gasteiger partial charge in [0.15, 0.2) is 0 Å². The summed E-state index contributed by atoms with van der Waals surface area (Å²) in [6.07, 6.45) is 1.72. The topological polar surface area (TPSA) is 55.1 Å². The van der Waals surface area contributed by atoms with E-state index in [2.05, 4.69) is 5.10 Å². The molecule has 0 atom stereocenters. The van der Waals surface area contributed by atoms with Gasteiger partial charge in [-0.15, -0.1) is 0 Å². The molecule has 0 fully saturated rings. The van der Waals surface area contributed by atoms with Crippen LogP contribution < -0.4 is 0 Å². The molecular weight excluding hydrogens is 252 g/mol. The van der Waals surface area contributed by atoms with Gasteiger partial charge in [-0.25, -0.2) is 0 Å². The van der Waals surface area contributed by atoms with Crippen molar-refractivity contribution >= 4 is 16.9 Å². The van der Waals surface area contributed by atoms with E-state index in [0.717, 1.165) is 23.1 Å². The molecule has 0 unspecified atom stereocenters. The van der Waals surface area contributed by atoms with Gasteiger partial charge in [-0.1, -0.05) is 32.0 Å². The minimum Gasteiger partial charge on any atom is -0.481 e. The number of aryl methyl sites for hydroxylation is 1.